The number of phenolic OH excluding ortho intramolecular Hbond substituents is 3. The van der Waals surface area contributed by atoms with Crippen molar-refractivity contribution in [3.8, 4) is 23.0 Å². The molecule has 0 atom stereocenters. The first-order valence-electron chi connectivity index (χ1n) is 13.9. The maximum atomic E-state index is 12.3. The molecule has 0 aromatic heterocycles. The van der Waals surface area contributed by atoms with Crippen LogP contribution in [0, 0.1) is 6.92 Å². The van der Waals surface area contributed by atoms with Crippen LogP contribution in [0.4, 0.5) is 28.4 Å². The normalized spacial score (nSPS) is 13.1. The van der Waals surface area contributed by atoms with E-state index in [4.69, 9.17) is 10.5 Å². The van der Waals surface area contributed by atoms with Crippen LogP contribution in [0.1, 0.15) is 5.56 Å². The lowest BCUT2D eigenvalue weighted by Crippen LogP contribution is -2.02. The minimum atomic E-state index is -5.21. The molecule has 0 aliphatic rings. The molecule has 9 N–H and O–H groups in total. The molecule has 5 aromatic carbocycles. The number of rotatable bonds is 9. The van der Waals surface area contributed by atoms with Gasteiger partial charge in [-0.1, -0.05) is 0 Å². The average molecular weight is 814 g/mol. The fourth-order valence-electron chi connectivity index (χ4n) is 5.03. The highest BCUT2D eigenvalue weighted by molar-refractivity contribution is 7.86. The number of nitrogens with zero attached hydrogens (tertiary/aromatic N) is 4. The van der Waals surface area contributed by atoms with Crippen molar-refractivity contribution in [1.29, 1.82) is 0 Å². The van der Waals surface area contributed by atoms with Crippen molar-refractivity contribution in [2.75, 3.05) is 12.8 Å². The highest BCUT2D eigenvalue weighted by Crippen LogP contribution is 2.47. The minimum Gasteiger partial charge on any atom is -0.507 e. The molecule has 53 heavy (non-hydrogen) atoms. The Morgan fingerprint density at radius 1 is 0.566 bits per heavy atom. The summed E-state index contributed by atoms with van der Waals surface area (Å²) in [7, 11) is -19.0. The van der Waals surface area contributed by atoms with E-state index in [2.05, 4.69) is 20.5 Å². The molecular weight excluding hydrogens is 791 g/mol. The van der Waals surface area contributed by atoms with Crippen LogP contribution < -0.4 is 10.5 Å². The molecule has 0 aliphatic heterocycles. The molecule has 0 fully saturated rings. The number of aryl methyl sites for hydroxylation is 1. The van der Waals surface area contributed by atoms with Gasteiger partial charge in [-0.2, -0.15) is 33.7 Å². The van der Waals surface area contributed by atoms with E-state index in [0.717, 1.165) is 31.4 Å². The first-order chi connectivity index (χ1) is 24.3. The monoisotopic (exact) mass is 813 g/mol. The first-order valence-corrected chi connectivity index (χ1v) is 19.6. The number of nitrogens with two attached hydrogens (primary N) is 1. The topological polar surface area (TPSA) is 363 Å². The van der Waals surface area contributed by atoms with Crippen molar-refractivity contribution in [1.82, 2.24) is 0 Å². The summed E-state index contributed by atoms with van der Waals surface area (Å²) in [5, 5.41) is 46.0. The number of ether oxygens (including phenoxy) is 1. The van der Waals surface area contributed by atoms with E-state index < -0.39 is 105 Å². The van der Waals surface area contributed by atoms with Gasteiger partial charge in [0.2, 0.25) is 0 Å². The molecule has 0 bridgehead atoms. The largest absolute Gasteiger partial charge is 0.507 e. The van der Waals surface area contributed by atoms with Crippen LogP contribution in [0.15, 0.2) is 88.6 Å². The lowest BCUT2D eigenvalue weighted by atomic mass is 10.1. The number of aromatic hydroxyl groups is 3. The zero-order valence-corrected chi connectivity index (χ0v) is 29.7. The molecule has 280 valence electrons. The zero-order chi connectivity index (χ0) is 39.6. The Kier molecular flexibility index (Phi) is 9.60. The van der Waals surface area contributed by atoms with Gasteiger partial charge in [0.05, 0.1) is 28.0 Å². The summed E-state index contributed by atoms with van der Waals surface area (Å²) in [4.78, 5) is -3.72. The molecule has 0 saturated carbocycles. The highest BCUT2D eigenvalue weighted by Gasteiger charge is 2.27. The fraction of sp³-hybridized carbons (Fsp3) is 0.0714. The van der Waals surface area contributed by atoms with Crippen molar-refractivity contribution in [2.24, 2.45) is 20.5 Å². The fourth-order valence-corrected chi connectivity index (χ4v) is 7.44. The molecule has 21 nitrogen and oxygen atoms in total. The Bertz CT molecular complexity index is 2930. The molecule has 0 unspecified atom stereocenters. The smallest absolute Gasteiger partial charge is 0.296 e. The predicted molar refractivity (Wildman–Crippen MR) is 183 cm³/mol. The average Bonchev–Trinajstić information content (AvgIpc) is 3.01. The van der Waals surface area contributed by atoms with Gasteiger partial charge in [0.1, 0.15) is 38.4 Å². The molecule has 5 rings (SSSR count). The number of fused-ring (bicyclic) bond motifs is 2. The number of methoxy groups -OCH3 is 1. The molecule has 0 saturated heterocycles. The van der Waals surface area contributed by atoms with Crippen LogP contribution in [-0.4, -0.2) is 74.3 Å². The third kappa shape index (κ3) is 7.53. The maximum absolute atomic E-state index is 12.3. The van der Waals surface area contributed by atoms with E-state index in [-0.39, 0.29) is 33.5 Å². The van der Waals surface area contributed by atoms with Gasteiger partial charge in [-0.3, -0.25) is 18.2 Å². The van der Waals surface area contributed by atoms with Gasteiger partial charge in [0.15, 0.2) is 11.5 Å². The predicted octanol–water partition coefficient (Wildman–Crippen LogP) is 4.83. The van der Waals surface area contributed by atoms with E-state index in [1.807, 2.05) is 0 Å². The summed E-state index contributed by atoms with van der Waals surface area (Å²) in [5.41, 5.74) is 3.63. The molecule has 0 heterocycles. The second-order valence-corrected chi connectivity index (χ2v) is 16.5. The molecule has 25 heteroatoms. The van der Waals surface area contributed by atoms with Crippen LogP contribution in [0.2, 0.25) is 0 Å². The van der Waals surface area contributed by atoms with Gasteiger partial charge in [0, 0.05) is 23.2 Å². The zero-order valence-electron chi connectivity index (χ0n) is 26.4. The lowest BCUT2D eigenvalue weighted by molar-refractivity contribution is 0.416. The van der Waals surface area contributed by atoms with Gasteiger partial charge in [-0.25, -0.2) is 0 Å². The molecular formula is C28H23N5O16S4. The van der Waals surface area contributed by atoms with E-state index >= 15 is 0 Å². The summed E-state index contributed by atoms with van der Waals surface area (Å²) < 4.78 is 139. The van der Waals surface area contributed by atoms with E-state index in [1.54, 1.807) is 0 Å². The Balaban J connectivity index is 1.64. The SMILES string of the molecule is COc1cc(N=Nc2c(S(=O)(=O)O)cc3cc(S(=O)(=O)O)cc(O)c3c2O)c(C)cc1N=Nc1c(S(=O)(=O)O)cc2cc(S(=O)(=O)O)cc(N)c2c1O. The number of benzene rings is 5. The summed E-state index contributed by atoms with van der Waals surface area (Å²) in [6, 6.07) is 6.64. The Hall–Kier alpha value is -5.54. The van der Waals surface area contributed by atoms with Crippen LogP contribution in [0.3, 0.4) is 0 Å². The quantitative estimate of drug-likeness (QED) is 0.0561. The molecule has 0 radical (unpaired) electrons. The lowest BCUT2D eigenvalue weighted by Gasteiger charge is -2.12. The Morgan fingerprint density at radius 3 is 1.49 bits per heavy atom. The summed E-state index contributed by atoms with van der Waals surface area (Å²) in [6.45, 7) is 1.42. The van der Waals surface area contributed by atoms with Crippen molar-refractivity contribution in [2.45, 2.75) is 26.5 Å². The standard InChI is InChI=1S/C28H23N5O16S4/c1-11-3-18(31-33-25-21(52(43,44)45)6-12-4-14(50(37,38)39)8-16(29)23(12)27(25)35)20(49-2)10-17(11)30-32-26-22(53(46,47)48)7-13-5-15(51(40,41)42)9-19(34)24(13)28(26)36/h3-10,34-36H,29H2,1-2H3,(H,37,38,39)(H,40,41,42)(H,43,44,45)(H,46,47,48). The second kappa shape index (κ2) is 13.1. The van der Waals surface area contributed by atoms with Gasteiger partial charge in [-0.05, 0) is 59.7 Å². The third-order valence-corrected chi connectivity index (χ3v) is 10.8. The number of nitrogen functional groups attached to an aromatic ring is 1. The number of hydrogen-bond donors (Lipinski definition) is 8. The summed E-state index contributed by atoms with van der Waals surface area (Å²) >= 11 is 0. The van der Waals surface area contributed by atoms with E-state index in [1.165, 1.54) is 13.0 Å². The summed E-state index contributed by atoms with van der Waals surface area (Å²) in [6.07, 6.45) is 0. The van der Waals surface area contributed by atoms with Crippen LogP contribution >= 0.6 is 0 Å². The number of anilines is 1. The van der Waals surface area contributed by atoms with E-state index in [9.17, 15) is 67.2 Å². The Labute approximate surface area is 298 Å². The van der Waals surface area contributed by atoms with Crippen molar-refractivity contribution in [3.05, 3.63) is 54.1 Å². The van der Waals surface area contributed by atoms with Gasteiger partial charge >= 0.3 is 0 Å². The Morgan fingerprint density at radius 2 is 1.02 bits per heavy atom. The van der Waals surface area contributed by atoms with Gasteiger partial charge in [0.25, 0.3) is 40.5 Å². The molecule has 0 aliphatic carbocycles. The molecule has 5 aromatic rings. The van der Waals surface area contributed by atoms with Gasteiger partial charge in [-0.15, -0.1) is 20.5 Å². The number of phenols is 3. The van der Waals surface area contributed by atoms with Crippen LogP contribution in [0.25, 0.3) is 21.5 Å². The second-order valence-electron chi connectivity index (χ2n) is 10.9. The van der Waals surface area contributed by atoms with Crippen LogP contribution in [-0.2, 0) is 40.5 Å². The number of hydrogen-bond acceptors (Lipinski definition) is 17. The van der Waals surface area contributed by atoms with Crippen molar-refractivity contribution in [3.63, 3.8) is 0 Å². The van der Waals surface area contributed by atoms with Crippen LogP contribution in [0.5, 0.6) is 23.0 Å². The third-order valence-electron chi connectivity index (χ3n) is 7.42. The highest BCUT2D eigenvalue weighted by atomic mass is 32.2. The van der Waals surface area contributed by atoms with E-state index in [0.29, 0.717) is 18.2 Å². The summed E-state index contributed by atoms with van der Waals surface area (Å²) in [5.74, 6) is -3.09. The first kappa shape index (κ1) is 38.7. The molecule has 0 amide bonds. The minimum absolute atomic E-state index is 0.0953. The van der Waals surface area contributed by atoms with Crippen molar-refractivity contribution < 1.29 is 71.9 Å². The molecule has 0 spiro atoms. The maximum Gasteiger partial charge on any atom is 0.296 e. The van der Waals surface area contributed by atoms with Crippen molar-refractivity contribution >= 4 is 90.5 Å². The number of azo groups is 2. The van der Waals surface area contributed by atoms with Gasteiger partial charge < -0.3 is 25.8 Å².